The van der Waals surface area contributed by atoms with Crippen molar-refractivity contribution in [3.8, 4) is 5.75 Å². The molecule has 2 aromatic rings. The summed E-state index contributed by atoms with van der Waals surface area (Å²) in [6.07, 6.45) is 0. The third kappa shape index (κ3) is 4.49. The molecule has 8 nitrogen and oxygen atoms in total. The normalized spacial score (nSPS) is 17.0. The molecule has 0 amide bonds. The predicted octanol–water partition coefficient (Wildman–Crippen LogP) is 1.65. The van der Waals surface area contributed by atoms with E-state index in [4.69, 9.17) is 14.0 Å². The van der Waals surface area contributed by atoms with Gasteiger partial charge in [-0.3, -0.25) is 4.90 Å². The fraction of sp³-hybridized carbons (Fsp3) is 0.500. The summed E-state index contributed by atoms with van der Waals surface area (Å²) in [5, 5.41) is 3.74. The lowest BCUT2D eigenvalue weighted by Crippen LogP contribution is -2.43. The van der Waals surface area contributed by atoms with Crippen LogP contribution in [-0.2, 0) is 14.8 Å². The largest absolute Gasteiger partial charge is 0.497 e. The minimum Gasteiger partial charge on any atom is -0.497 e. The van der Waals surface area contributed by atoms with E-state index in [-0.39, 0.29) is 23.2 Å². The molecule has 1 N–H and O–H groups in total. The molecule has 1 fully saturated rings. The van der Waals surface area contributed by atoms with Gasteiger partial charge in [0.1, 0.15) is 16.3 Å². The zero-order valence-electron chi connectivity index (χ0n) is 15.8. The summed E-state index contributed by atoms with van der Waals surface area (Å²) in [7, 11) is -2.10. The first kappa shape index (κ1) is 19.8. The fourth-order valence-corrected chi connectivity index (χ4v) is 4.66. The van der Waals surface area contributed by atoms with Gasteiger partial charge >= 0.3 is 0 Å². The van der Waals surface area contributed by atoms with Crippen molar-refractivity contribution in [2.75, 3.05) is 40.0 Å². The Hall–Kier alpha value is -1.94. The Morgan fingerprint density at radius 1 is 1.22 bits per heavy atom. The first-order chi connectivity index (χ1) is 12.9. The molecule has 1 atom stereocenters. The van der Waals surface area contributed by atoms with E-state index in [1.165, 1.54) is 0 Å². The molecule has 2 heterocycles. The second kappa shape index (κ2) is 8.39. The molecule has 1 aliphatic heterocycles. The van der Waals surface area contributed by atoms with Crippen molar-refractivity contribution in [1.82, 2.24) is 14.8 Å². The van der Waals surface area contributed by atoms with Crippen LogP contribution in [0.1, 0.15) is 23.1 Å². The second-order valence-corrected chi connectivity index (χ2v) is 8.15. The lowest BCUT2D eigenvalue weighted by atomic mass is 10.0. The SMILES string of the molecule is COc1ccc(C(CNS(=O)(=O)c2c(C)noc2C)N2CCOCC2)cc1. The molecule has 0 saturated carbocycles. The van der Waals surface area contributed by atoms with Gasteiger partial charge in [0.2, 0.25) is 10.0 Å². The molecule has 0 radical (unpaired) electrons. The maximum Gasteiger partial charge on any atom is 0.246 e. The lowest BCUT2D eigenvalue weighted by Gasteiger charge is -2.35. The van der Waals surface area contributed by atoms with Crippen LogP contribution >= 0.6 is 0 Å². The van der Waals surface area contributed by atoms with Crippen LogP contribution in [0.5, 0.6) is 5.75 Å². The van der Waals surface area contributed by atoms with Gasteiger partial charge in [0.05, 0.1) is 20.3 Å². The van der Waals surface area contributed by atoms with E-state index in [0.717, 1.165) is 24.4 Å². The quantitative estimate of drug-likeness (QED) is 0.762. The van der Waals surface area contributed by atoms with Crippen molar-refractivity contribution in [2.24, 2.45) is 0 Å². The summed E-state index contributed by atoms with van der Waals surface area (Å²) in [5.74, 6) is 1.04. The van der Waals surface area contributed by atoms with Gasteiger partial charge in [0.15, 0.2) is 5.76 Å². The second-order valence-electron chi connectivity index (χ2n) is 6.44. The summed E-state index contributed by atoms with van der Waals surface area (Å²) in [5.41, 5.74) is 1.37. The molecule has 9 heteroatoms. The Kier molecular flexibility index (Phi) is 6.15. The number of aromatic nitrogens is 1. The van der Waals surface area contributed by atoms with Crippen molar-refractivity contribution >= 4 is 10.0 Å². The van der Waals surface area contributed by atoms with Crippen molar-refractivity contribution in [3.63, 3.8) is 0 Å². The van der Waals surface area contributed by atoms with Crippen molar-refractivity contribution in [1.29, 1.82) is 0 Å². The van der Waals surface area contributed by atoms with Gasteiger partial charge in [-0.15, -0.1) is 0 Å². The summed E-state index contributed by atoms with van der Waals surface area (Å²) < 4.78 is 43.9. The van der Waals surface area contributed by atoms with E-state index >= 15 is 0 Å². The van der Waals surface area contributed by atoms with Crippen LogP contribution in [0.25, 0.3) is 0 Å². The number of rotatable bonds is 7. The number of morpholine rings is 1. The molecule has 148 valence electrons. The first-order valence-corrected chi connectivity index (χ1v) is 10.3. The lowest BCUT2D eigenvalue weighted by molar-refractivity contribution is 0.0172. The number of hydrogen-bond donors (Lipinski definition) is 1. The van der Waals surface area contributed by atoms with E-state index in [1.54, 1.807) is 21.0 Å². The Bertz CT molecular complexity index is 838. The fourth-order valence-electron chi connectivity index (χ4n) is 3.29. The van der Waals surface area contributed by atoms with E-state index in [9.17, 15) is 8.42 Å². The van der Waals surface area contributed by atoms with E-state index in [2.05, 4.69) is 14.8 Å². The molecule has 27 heavy (non-hydrogen) atoms. The Morgan fingerprint density at radius 2 is 1.89 bits per heavy atom. The van der Waals surface area contributed by atoms with E-state index in [0.29, 0.717) is 18.9 Å². The predicted molar refractivity (Wildman–Crippen MR) is 99.3 cm³/mol. The van der Waals surface area contributed by atoms with Crippen LogP contribution in [0.2, 0.25) is 0 Å². The summed E-state index contributed by atoms with van der Waals surface area (Å²) in [6, 6.07) is 7.57. The molecule has 1 saturated heterocycles. The molecule has 0 aliphatic carbocycles. The molecular formula is C18H25N3O5S. The standard InChI is InChI=1S/C18H25N3O5S/c1-13-18(14(2)26-20-13)27(22,23)19-12-17(21-8-10-25-11-9-21)15-4-6-16(24-3)7-5-15/h4-7,17,19H,8-12H2,1-3H3. The smallest absolute Gasteiger partial charge is 0.246 e. The Labute approximate surface area is 159 Å². The number of methoxy groups -OCH3 is 1. The molecule has 0 spiro atoms. The molecular weight excluding hydrogens is 370 g/mol. The molecule has 1 aromatic heterocycles. The highest BCUT2D eigenvalue weighted by molar-refractivity contribution is 7.89. The van der Waals surface area contributed by atoms with Crippen LogP contribution < -0.4 is 9.46 Å². The number of hydrogen-bond acceptors (Lipinski definition) is 7. The zero-order valence-corrected chi connectivity index (χ0v) is 16.6. The topological polar surface area (TPSA) is 93.9 Å². The zero-order chi connectivity index (χ0) is 19.4. The third-order valence-electron chi connectivity index (χ3n) is 4.69. The Balaban J connectivity index is 1.82. The van der Waals surface area contributed by atoms with Gasteiger partial charge in [-0.25, -0.2) is 13.1 Å². The Morgan fingerprint density at radius 3 is 2.44 bits per heavy atom. The molecule has 1 aromatic carbocycles. The number of nitrogens with zero attached hydrogens (tertiary/aromatic N) is 2. The highest BCUT2D eigenvalue weighted by Crippen LogP contribution is 2.25. The average molecular weight is 395 g/mol. The van der Waals surface area contributed by atoms with Gasteiger partial charge in [0, 0.05) is 25.7 Å². The first-order valence-electron chi connectivity index (χ1n) is 8.80. The number of aryl methyl sites for hydroxylation is 2. The van der Waals surface area contributed by atoms with Gasteiger partial charge < -0.3 is 14.0 Å². The number of nitrogens with one attached hydrogen (secondary N) is 1. The van der Waals surface area contributed by atoms with Crippen LogP contribution in [0.15, 0.2) is 33.7 Å². The maximum atomic E-state index is 12.8. The molecule has 3 rings (SSSR count). The van der Waals surface area contributed by atoms with Crippen LogP contribution in [0.4, 0.5) is 0 Å². The van der Waals surface area contributed by atoms with Crippen molar-refractivity contribution in [2.45, 2.75) is 24.8 Å². The minimum atomic E-state index is -3.72. The number of benzene rings is 1. The molecule has 1 aliphatic rings. The van der Waals surface area contributed by atoms with E-state index < -0.39 is 10.0 Å². The summed E-state index contributed by atoms with van der Waals surface area (Å²) >= 11 is 0. The molecule has 0 bridgehead atoms. The van der Waals surface area contributed by atoms with Crippen LogP contribution in [-0.4, -0.2) is 58.4 Å². The highest BCUT2D eigenvalue weighted by Gasteiger charge is 2.28. The average Bonchev–Trinajstić information content (AvgIpc) is 3.02. The van der Waals surface area contributed by atoms with Gasteiger partial charge in [-0.05, 0) is 31.5 Å². The van der Waals surface area contributed by atoms with Gasteiger partial charge in [-0.1, -0.05) is 17.3 Å². The molecule has 1 unspecified atom stereocenters. The van der Waals surface area contributed by atoms with Crippen molar-refractivity contribution in [3.05, 3.63) is 41.3 Å². The summed E-state index contributed by atoms with van der Waals surface area (Å²) in [6.45, 7) is 6.18. The van der Waals surface area contributed by atoms with Gasteiger partial charge in [0.25, 0.3) is 0 Å². The highest BCUT2D eigenvalue weighted by atomic mass is 32.2. The van der Waals surface area contributed by atoms with E-state index in [1.807, 2.05) is 24.3 Å². The summed E-state index contributed by atoms with van der Waals surface area (Å²) in [4.78, 5) is 2.33. The maximum absolute atomic E-state index is 12.8. The van der Waals surface area contributed by atoms with Crippen LogP contribution in [0, 0.1) is 13.8 Å². The van der Waals surface area contributed by atoms with Gasteiger partial charge in [-0.2, -0.15) is 0 Å². The van der Waals surface area contributed by atoms with Crippen molar-refractivity contribution < 1.29 is 22.4 Å². The monoisotopic (exact) mass is 395 g/mol. The number of sulfonamides is 1. The minimum absolute atomic E-state index is 0.109. The number of ether oxygens (including phenoxy) is 2. The van der Waals surface area contributed by atoms with Crippen LogP contribution in [0.3, 0.4) is 0 Å². The third-order valence-corrected chi connectivity index (χ3v) is 6.36.